The van der Waals surface area contributed by atoms with Gasteiger partial charge in [0, 0.05) is 43.2 Å². The summed E-state index contributed by atoms with van der Waals surface area (Å²) in [6.07, 6.45) is 6.40. The molecular formula is C47H58N4O5. The number of aliphatic hydroxyl groups excluding tert-OH is 1. The Labute approximate surface area is 332 Å². The highest BCUT2D eigenvalue weighted by molar-refractivity contribution is 5.82. The molecule has 3 aliphatic rings. The Hall–Kier alpha value is -4.54. The molecule has 3 amide bonds. The smallest absolute Gasteiger partial charge is 0.315 e. The van der Waals surface area contributed by atoms with Gasteiger partial charge in [-0.25, -0.2) is 4.79 Å². The van der Waals surface area contributed by atoms with Crippen molar-refractivity contribution in [3.8, 4) is 11.1 Å². The van der Waals surface area contributed by atoms with E-state index in [1.165, 1.54) is 19.3 Å². The van der Waals surface area contributed by atoms with Crippen molar-refractivity contribution in [1.82, 2.24) is 20.9 Å². The van der Waals surface area contributed by atoms with Gasteiger partial charge in [0.1, 0.15) is 0 Å². The van der Waals surface area contributed by atoms with E-state index in [0.717, 1.165) is 58.2 Å². The van der Waals surface area contributed by atoms with Gasteiger partial charge in [-0.3, -0.25) is 9.69 Å². The summed E-state index contributed by atoms with van der Waals surface area (Å²) < 4.78 is 13.6. The first-order chi connectivity index (χ1) is 27.1. The first-order valence-corrected chi connectivity index (χ1v) is 20.5. The number of ether oxygens (including phenoxy) is 2. The molecule has 1 aliphatic carbocycles. The Morgan fingerprint density at radius 3 is 2.20 bits per heavy atom. The lowest BCUT2D eigenvalue weighted by Gasteiger charge is -2.50. The number of amides is 3. The van der Waals surface area contributed by atoms with Gasteiger partial charge >= 0.3 is 6.03 Å². The number of hydrogen-bond donors (Lipinski definition) is 4. The van der Waals surface area contributed by atoms with Gasteiger partial charge in [-0.1, -0.05) is 116 Å². The number of aliphatic hydroxyl groups is 1. The van der Waals surface area contributed by atoms with Crippen LogP contribution in [0, 0.1) is 5.92 Å². The number of carbonyl (C=O) groups is 2. The maximum absolute atomic E-state index is 13.8. The summed E-state index contributed by atoms with van der Waals surface area (Å²) in [6, 6.07) is 34.3. The maximum Gasteiger partial charge on any atom is 0.315 e. The lowest BCUT2D eigenvalue weighted by atomic mass is 9.75. The van der Waals surface area contributed by atoms with E-state index in [-0.39, 0.29) is 42.3 Å². The third-order valence-corrected chi connectivity index (χ3v) is 11.6. The first-order valence-electron chi connectivity index (χ1n) is 20.5. The monoisotopic (exact) mass is 758 g/mol. The number of nitrogens with one attached hydrogen (secondary N) is 3. The van der Waals surface area contributed by atoms with E-state index < -0.39 is 6.29 Å². The molecule has 0 bridgehead atoms. The number of likely N-dealkylation sites (tertiary alicyclic amines) is 1. The van der Waals surface area contributed by atoms with Gasteiger partial charge in [0.05, 0.1) is 24.9 Å². The van der Waals surface area contributed by atoms with Crippen LogP contribution in [0.4, 0.5) is 4.79 Å². The lowest BCUT2D eigenvalue weighted by Crippen LogP contribution is -2.61. The van der Waals surface area contributed by atoms with Crippen molar-refractivity contribution in [2.45, 2.75) is 122 Å². The van der Waals surface area contributed by atoms with Gasteiger partial charge in [-0.2, -0.15) is 0 Å². The molecule has 0 radical (unpaired) electrons. The summed E-state index contributed by atoms with van der Waals surface area (Å²) in [5, 5.41) is 19.0. The third-order valence-electron chi connectivity index (χ3n) is 11.6. The number of nitrogens with zero attached hydrogens (tertiary/aromatic N) is 1. The molecule has 9 heteroatoms. The fourth-order valence-electron chi connectivity index (χ4n) is 8.79. The van der Waals surface area contributed by atoms with Crippen LogP contribution in [-0.4, -0.2) is 52.2 Å². The van der Waals surface area contributed by atoms with Crippen LogP contribution in [0.2, 0.25) is 0 Å². The van der Waals surface area contributed by atoms with E-state index in [0.29, 0.717) is 38.0 Å². The zero-order valence-corrected chi connectivity index (χ0v) is 33.1. The number of rotatable bonds is 11. The summed E-state index contributed by atoms with van der Waals surface area (Å²) >= 11 is 0. The van der Waals surface area contributed by atoms with Crippen LogP contribution in [0.25, 0.3) is 11.1 Å². The first kappa shape index (κ1) is 39.7. The molecule has 4 N–H and O–H groups in total. The molecule has 3 fully saturated rings. The van der Waals surface area contributed by atoms with Crippen LogP contribution < -0.4 is 16.0 Å². The van der Waals surface area contributed by atoms with Crippen LogP contribution in [0.5, 0.6) is 0 Å². The quantitative estimate of drug-likeness (QED) is 0.122. The van der Waals surface area contributed by atoms with Crippen LogP contribution in [-0.2, 0) is 34.0 Å². The van der Waals surface area contributed by atoms with E-state index in [9.17, 15) is 14.7 Å². The molecule has 1 saturated carbocycles. The van der Waals surface area contributed by atoms with Crippen molar-refractivity contribution in [3.05, 3.63) is 131 Å². The van der Waals surface area contributed by atoms with Crippen molar-refractivity contribution >= 4 is 11.9 Å². The standard InChI is InChI=1S/C47H58N4O5/c1-47(2,3)50-44(53)42-26-25-35-13-8-10-16-41(35)51(42)30-39-27-43(36-19-17-33(31-52)18-20-36)56-45(55-39)37-23-21-34(22-24-37)40-15-9-7-14-38(40)29-49-46(54)48-28-32-11-5-4-6-12-32/h4-7,9,11-12,14-15,17-24,35,39,41-43,45,52H,8,10,13,16,25-31H2,1-3H3,(H,50,53)(H2,48,49,54). The number of carbonyl (C=O) groups excluding carboxylic acids is 2. The third kappa shape index (κ3) is 10.1. The molecule has 6 unspecified atom stereocenters. The molecule has 4 aromatic carbocycles. The van der Waals surface area contributed by atoms with Gasteiger partial charge in [0.15, 0.2) is 6.29 Å². The lowest BCUT2D eigenvalue weighted by molar-refractivity contribution is -0.255. The number of benzene rings is 4. The SMILES string of the molecule is CC(C)(C)NC(=O)C1CCC2CCCCC2N1CC1CC(c2ccc(CO)cc2)OC(c2ccc(-c3ccccc3CNC(=O)NCc3ccccc3)cc2)O1. The second-order valence-corrected chi connectivity index (χ2v) is 16.8. The number of hydrogen-bond acceptors (Lipinski definition) is 6. The Balaban J connectivity index is 1.09. The minimum Gasteiger partial charge on any atom is -0.392 e. The van der Waals surface area contributed by atoms with E-state index in [1.54, 1.807) is 0 Å². The Kier molecular flexibility index (Phi) is 12.9. The predicted octanol–water partition coefficient (Wildman–Crippen LogP) is 8.33. The van der Waals surface area contributed by atoms with Gasteiger partial charge < -0.3 is 30.5 Å². The fourth-order valence-corrected chi connectivity index (χ4v) is 8.79. The van der Waals surface area contributed by atoms with Crippen molar-refractivity contribution in [2.24, 2.45) is 5.92 Å². The minimum absolute atomic E-state index is 0.0112. The van der Waals surface area contributed by atoms with Crippen LogP contribution in [0.3, 0.4) is 0 Å². The highest BCUT2D eigenvalue weighted by Crippen LogP contribution is 2.42. The van der Waals surface area contributed by atoms with Crippen LogP contribution in [0.15, 0.2) is 103 Å². The zero-order valence-electron chi connectivity index (χ0n) is 33.1. The molecule has 2 saturated heterocycles. The molecule has 56 heavy (non-hydrogen) atoms. The summed E-state index contributed by atoms with van der Waals surface area (Å²) in [7, 11) is 0. The number of urea groups is 1. The van der Waals surface area contributed by atoms with Crippen molar-refractivity contribution in [3.63, 3.8) is 0 Å². The van der Waals surface area contributed by atoms with Gasteiger partial charge in [0.25, 0.3) is 0 Å². The second-order valence-electron chi connectivity index (χ2n) is 16.8. The summed E-state index contributed by atoms with van der Waals surface area (Å²) in [4.78, 5) is 29.0. The molecule has 4 aromatic rings. The molecular weight excluding hydrogens is 701 g/mol. The largest absolute Gasteiger partial charge is 0.392 e. The summed E-state index contributed by atoms with van der Waals surface area (Å²) in [6.45, 7) is 7.64. The van der Waals surface area contributed by atoms with E-state index in [1.807, 2.05) is 93.6 Å². The molecule has 0 spiro atoms. The van der Waals surface area contributed by atoms with E-state index >= 15 is 0 Å². The van der Waals surface area contributed by atoms with E-state index in [4.69, 9.17) is 9.47 Å². The van der Waals surface area contributed by atoms with Crippen LogP contribution >= 0.6 is 0 Å². The maximum atomic E-state index is 13.8. The predicted molar refractivity (Wildman–Crippen MR) is 219 cm³/mol. The van der Waals surface area contributed by atoms with Gasteiger partial charge in [-0.05, 0) is 85.8 Å². The molecule has 9 nitrogen and oxygen atoms in total. The topological polar surface area (TPSA) is 112 Å². The molecule has 2 aliphatic heterocycles. The highest BCUT2D eigenvalue weighted by Gasteiger charge is 2.44. The van der Waals surface area contributed by atoms with Gasteiger partial charge in [0.2, 0.25) is 5.91 Å². The molecule has 6 atom stereocenters. The van der Waals surface area contributed by atoms with Crippen LogP contribution in [0.1, 0.15) is 106 Å². The van der Waals surface area contributed by atoms with Crippen molar-refractivity contribution in [1.29, 1.82) is 0 Å². The molecule has 0 aromatic heterocycles. The Morgan fingerprint density at radius 1 is 0.750 bits per heavy atom. The summed E-state index contributed by atoms with van der Waals surface area (Å²) in [5.74, 6) is 0.717. The number of fused-ring (bicyclic) bond motifs is 1. The van der Waals surface area contributed by atoms with Crippen molar-refractivity contribution in [2.75, 3.05) is 6.54 Å². The molecule has 296 valence electrons. The average molecular weight is 759 g/mol. The Morgan fingerprint density at radius 2 is 1.45 bits per heavy atom. The molecule has 2 heterocycles. The molecule has 7 rings (SSSR count). The fraction of sp³-hybridized carbons (Fsp3) is 0.447. The Bertz CT molecular complexity index is 1890. The average Bonchev–Trinajstić information content (AvgIpc) is 3.22. The minimum atomic E-state index is -0.607. The second kappa shape index (κ2) is 18.2. The summed E-state index contributed by atoms with van der Waals surface area (Å²) in [5.41, 5.74) is 6.64. The van der Waals surface area contributed by atoms with Gasteiger partial charge in [-0.15, -0.1) is 0 Å². The number of piperidine rings is 1. The highest BCUT2D eigenvalue weighted by atomic mass is 16.7. The van der Waals surface area contributed by atoms with E-state index in [2.05, 4.69) is 51.2 Å². The van der Waals surface area contributed by atoms with Crippen molar-refractivity contribution < 1.29 is 24.2 Å². The normalized spacial score (nSPS) is 24.1. The zero-order chi connectivity index (χ0) is 39.1.